The third kappa shape index (κ3) is 4.23. The summed E-state index contributed by atoms with van der Waals surface area (Å²) in [4.78, 5) is 6.85. The molecule has 0 aromatic heterocycles. The Balaban J connectivity index is 1.93. The van der Waals surface area contributed by atoms with Crippen LogP contribution in [0.5, 0.6) is 0 Å². The fourth-order valence-corrected chi connectivity index (χ4v) is 4.44. The first-order valence-electron chi connectivity index (χ1n) is 6.95. The van der Waals surface area contributed by atoms with Gasteiger partial charge in [0.15, 0.2) is 15.8 Å². The molecule has 0 bridgehead atoms. The van der Waals surface area contributed by atoms with E-state index in [2.05, 4.69) is 21.8 Å². The van der Waals surface area contributed by atoms with Gasteiger partial charge < -0.3 is 10.2 Å². The number of hydrogen-bond acceptors (Lipinski definition) is 3. The lowest BCUT2D eigenvalue weighted by Gasteiger charge is -2.21. The van der Waals surface area contributed by atoms with Crippen LogP contribution in [-0.2, 0) is 9.84 Å². The summed E-state index contributed by atoms with van der Waals surface area (Å²) in [5.41, 5.74) is 0. The van der Waals surface area contributed by atoms with Crippen LogP contribution in [0.2, 0.25) is 0 Å². The van der Waals surface area contributed by atoms with E-state index in [9.17, 15) is 8.42 Å². The van der Waals surface area contributed by atoms with Gasteiger partial charge in [-0.15, -0.1) is 6.58 Å². The second kappa shape index (κ2) is 6.41. The van der Waals surface area contributed by atoms with E-state index in [-0.39, 0.29) is 5.92 Å². The summed E-state index contributed by atoms with van der Waals surface area (Å²) in [7, 11) is -2.80. The number of nitrogens with one attached hydrogen (secondary N) is 1. The van der Waals surface area contributed by atoms with Crippen LogP contribution in [0, 0.1) is 5.92 Å². The molecule has 108 valence electrons. The van der Waals surface area contributed by atoms with Crippen molar-refractivity contribution < 1.29 is 8.42 Å². The van der Waals surface area contributed by atoms with Crippen molar-refractivity contribution in [3.63, 3.8) is 0 Å². The predicted octanol–water partition coefficient (Wildman–Crippen LogP) is 0.649. The van der Waals surface area contributed by atoms with Crippen molar-refractivity contribution in [1.82, 2.24) is 10.2 Å². The molecule has 0 radical (unpaired) electrons. The van der Waals surface area contributed by atoms with Crippen LogP contribution in [0.1, 0.15) is 19.3 Å². The molecule has 2 rings (SSSR count). The molecule has 2 aliphatic heterocycles. The van der Waals surface area contributed by atoms with E-state index in [1.54, 1.807) is 0 Å². The number of guanidine groups is 1. The van der Waals surface area contributed by atoms with E-state index in [0.29, 0.717) is 24.6 Å². The van der Waals surface area contributed by atoms with Gasteiger partial charge in [0.25, 0.3) is 0 Å². The Morgan fingerprint density at radius 3 is 2.74 bits per heavy atom. The van der Waals surface area contributed by atoms with Gasteiger partial charge in [0.1, 0.15) is 0 Å². The van der Waals surface area contributed by atoms with Gasteiger partial charge in [-0.1, -0.05) is 6.08 Å². The van der Waals surface area contributed by atoms with Crippen LogP contribution >= 0.6 is 0 Å². The lowest BCUT2D eigenvalue weighted by molar-refractivity contribution is 0.490. The first kappa shape index (κ1) is 14.4. The van der Waals surface area contributed by atoms with Crippen molar-refractivity contribution in [3.05, 3.63) is 12.7 Å². The minimum Gasteiger partial charge on any atom is -0.353 e. The molecule has 2 fully saturated rings. The van der Waals surface area contributed by atoms with Gasteiger partial charge in [0.05, 0.1) is 11.5 Å². The number of likely N-dealkylation sites (tertiary alicyclic amines) is 1. The third-order valence-corrected chi connectivity index (χ3v) is 5.47. The third-order valence-electron chi connectivity index (χ3n) is 3.64. The Morgan fingerprint density at radius 1 is 1.42 bits per heavy atom. The molecular formula is C13H23N3O2S. The van der Waals surface area contributed by atoms with Gasteiger partial charge in [-0.3, -0.25) is 4.99 Å². The Kier molecular flexibility index (Phi) is 4.85. The molecule has 2 heterocycles. The number of sulfone groups is 1. The Hall–Kier alpha value is -1.04. The highest BCUT2D eigenvalue weighted by Crippen LogP contribution is 2.18. The number of aliphatic imine (C=N–C) groups is 1. The molecule has 1 unspecified atom stereocenters. The van der Waals surface area contributed by atoms with Crippen molar-refractivity contribution in [2.24, 2.45) is 10.9 Å². The van der Waals surface area contributed by atoms with Crippen LogP contribution < -0.4 is 5.32 Å². The molecule has 5 nitrogen and oxygen atoms in total. The zero-order valence-corrected chi connectivity index (χ0v) is 12.2. The van der Waals surface area contributed by atoms with E-state index < -0.39 is 9.84 Å². The first-order valence-corrected chi connectivity index (χ1v) is 8.77. The smallest absolute Gasteiger partial charge is 0.194 e. The maximum Gasteiger partial charge on any atom is 0.194 e. The first-order chi connectivity index (χ1) is 9.11. The summed E-state index contributed by atoms with van der Waals surface area (Å²) in [5, 5.41) is 3.26. The summed E-state index contributed by atoms with van der Waals surface area (Å²) < 4.78 is 22.9. The van der Waals surface area contributed by atoms with Crippen molar-refractivity contribution in [3.8, 4) is 0 Å². The monoisotopic (exact) mass is 285 g/mol. The zero-order chi connectivity index (χ0) is 13.7. The largest absolute Gasteiger partial charge is 0.353 e. The Bertz CT molecular complexity index is 439. The molecule has 1 atom stereocenters. The molecule has 0 amide bonds. The molecule has 0 aliphatic carbocycles. The predicted molar refractivity (Wildman–Crippen MR) is 78.1 cm³/mol. The number of hydrogen-bond donors (Lipinski definition) is 1. The quantitative estimate of drug-likeness (QED) is 0.468. The highest BCUT2D eigenvalue weighted by atomic mass is 32.2. The topological polar surface area (TPSA) is 61.8 Å². The van der Waals surface area contributed by atoms with Crippen LogP contribution in [0.25, 0.3) is 0 Å². The molecule has 0 aromatic carbocycles. The number of nitrogens with zero attached hydrogens (tertiary/aromatic N) is 2. The lowest BCUT2D eigenvalue weighted by Crippen LogP contribution is -2.40. The Labute approximate surface area is 115 Å². The van der Waals surface area contributed by atoms with Crippen molar-refractivity contribution in [2.45, 2.75) is 19.3 Å². The standard InChI is InChI=1S/C13H23N3O2S/c1-2-6-14-13(16-7-3-4-8-16)15-10-12-5-9-19(17,18)11-12/h2,12H,1,3-11H2,(H,14,15). The van der Waals surface area contributed by atoms with E-state index in [4.69, 9.17) is 0 Å². The molecule has 1 N–H and O–H groups in total. The number of rotatable bonds is 4. The minimum absolute atomic E-state index is 0.188. The summed E-state index contributed by atoms with van der Waals surface area (Å²) in [6.45, 7) is 7.07. The van der Waals surface area contributed by atoms with Crippen molar-refractivity contribution >= 4 is 15.8 Å². The Morgan fingerprint density at radius 2 is 2.16 bits per heavy atom. The molecule has 2 aliphatic rings. The zero-order valence-electron chi connectivity index (χ0n) is 11.3. The fraction of sp³-hybridized carbons (Fsp3) is 0.769. The molecule has 19 heavy (non-hydrogen) atoms. The van der Waals surface area contributed by atoms with E-state index in [1.807, 2.05) is 6.08 Å². The summed E-state index contributed by atoms with van der Waals surface area (Å²) >= 11 is 0. The summed E-state index contributed by atoms with van der Waals surface area (Å²) in [6, 6.07) is 0. The molecular weight excluding hydrogens is 262 g/mol. The molecule has 0 saturated carbocycles. The second-order valence-corrected chi connectivity index (χ2v) is 7.53. The molecule has 0 spiro atoms. The summed E-state index contributed by atoms with van der Waals surface area (Å²) in [6.07, 6.45) is 4.96. The maximum absolute atomic E-state index is 11.4. The van der Waals surface area contributed by atoms with Gasteiger partial charge in [-0.05, 0) is 25.2 Å². The SMILES string of the molecule is C=CCNC(=NCC1CCS(=O)(=O)C1)N1CCCC1. The van der Waals surface area contributed by atoms with Crippen LogP contribution in [0.15, 0.2) is 17.6 Å². The molecule has 0 aromatic rings. The van der Waals surface area contributed by atoms with E-state index in [0.717, 1.165) is 25.5 Å². The summed E-state index contributed by atoms with van der Waals surface area (Å²) in [5.74, 6) is 1.72. The van der Waals surface area contributed by atoms with Crippen LogP contribution in [-0.4, -0.2) is 57.0 Å². The van der Waals surface area contributed by atoms with Crippen molar-refractivity contribution in [1.29, 1.82) is 0 Å². The lowest BCUT2D eigenvalue weighted by atomic mass is 10.1. The van der Waals surface area contributed by atoms with Gasteiger partial charge in [-0.2, -0.15) is 0 Å². The van der Waals surface area contributed by atoms with Gasteiger partial charge >= 0.3 is 0 Å². The van der Waals surface area contributed by atoms with Crippen molar-refractivity contribution in [2.75, 3.05) is 37.7 Å². The normalized spacial score (nSPS) is 26.6. The van der Waals surface area contributed by atoms with E-state index >= 15 is 0 Å². The fourth-order valence-electron chi connectivity index (χ4n) is 2.59. The minimum atomic E-state index is -2.80. The molecule has 2 saturated heterocycles. The average molecular weight is 285 g/mol. The second-order valence-electron chi connectivity index (χ2n) is 5.30. The average Bonchev–Trinajstić information content (AvgIpc) is 2.99. The van der Waals surface area contributed by atoms with Gasteiger partial charge in [-0.25, -0.2) is 8.42 Å². The highest BCUT2D eigenvalue weighted by Gasteiger charge is 2.27. The van der Waals surface area contributed by atoms with Gasteiger partial charge in [0, 0.05) is 26.2 Å². The maximum atomic E-state index is 11.4. The van der Waals surface area contributed by atoms with Gasteiger partial charge in [0.2, 0.25) is 0 Å². The molecule has 6 heteroatoms. The highest BCUT2D eigenvalue weighted by molar-refractivity contribution is 7.91. The van der Waals surface area contributed by atoms with Crippen LogP contribution in [0.4, 0.5) is 0 Å². The van der Waals surface area contributed by atoms with E-state index in [1.165, 1.54) is 12.8 Å². The van der Waals surface area contributed by atoms with Crippen LogP contribution in [0.3, 0.4) is 0 Å².